The molecule has 0 atom stereocenters. The molecule has 0 aromatic heterocycles. The fourth-order valence-electron chi connectivity index (χ4n) is 1.89. The van der Waals surface area contributed by atoms with Gasteiger partial charge in [-0.2, -0.15) is 10.4 Å². The van der Waals surface area contributed by atoms with Gasteiger partial charge in [-0.05, 0) is 43.7 Å². The number of carbonyl (C=O) groups is 1. The summed E-state index contributed by atoms with van der Waals surface area (Å²) >= 11 is 0. The Balaban J connectivity index is 1.86. The first kappa shape index (κ1) is 16.2. The molecule has 0 spiro atoms. The van der Waals surface area contributed by atoms with Gasteiger partial charge in [0.25, 0.3) is 5.91 Å². The van der Waals surface area contributed by atoms with Gasteiger partial charge in [0.2, 0.25) is 0 Å². The molecular weight excluding hydrogens is 288 g/mol. The fourth-order valence-corrected chi connectivity index (χ4v) is 1.89. The van der Waals surface area contributed by atoms with Crippen molar-refractivity contribution in [2.24, 2.45) is 5.10 Å². The largest absolute Gasteiger partial charge is 0.376 e. The molecule has 0 radical (unpaired) electrons. The Morgan fingerprint density at radius 2 is 1.78 bits per heavy atom. The second kappa shape index (κ2) is 7.76. The average molecular weight is 306 g/mol. The molecule has 0 heterocycles. The van der Waals surface area contributed by atoms with E-state index < -0.39 is 0 Å². The number of aryl methyl sites for hydroxylation is 1. The number of hydrogen-bond acceptors (Lipinski definition) is 4. The van der Waals surface area contributed by atoms with E-state index >= 15 is 0 Å². The molecule has 0 fully saturated rings. The van der Waals surface area contributed by atoms with Crippen LogP contribution in [0, 0.1) is 18.3 Å². The van der Waals surface area contributed by atoms with Gasteiger partial charge in [0.1, 0.15) is 0 Å². The molecule has 1 amide bonds. The lowest BCUT2D eigenvalue weighted by Crippen LogP contribution is -2.26. The first-order chi connectivity index (χ1) is 11.1. The summed E-state index contributed by atoms with van der Waals surface area (Å²) in [5.41, 5.74) is 6.70. The van der Waals surface area contributed by atoms with Crippen LogP contribution in [0.1, 0.15) is 23.6 Å². The van der Waals surface area contributed by atoms with Gasteiger partial charge in [-0.15, -0.1) is 0 Å². The van der Waals surface area contributed by atoms with E-state index in [4.69, 9.17) is 5.26 Å². The monoisotopic (exact) mass is 306 g/mol. The zero-order valence-corrected chi connectivity index (χ0v) is 13.1. The summed E-state index contributed by atoms with van der Waals surface area (Å²) in [7, 11) is 0. The minimum Gasteiger partial charge on any atom is -0.376 e. The SMILES string of the molecule is C/C(=N\NC(=O)CNc1ccc(C)cc1)c1ccc(C#N)cc1. The minimum atomic E-state index is -0.224. The molecular formula is C18H18N4O. The van der Waals surface area contributed by atoms with E-state index in [1.54, 1.807) is 31.2 Å². The van der Waals surface area contributed by atoms with Crippen molar-refractivity contribution in [3.63, 3.8) is 0 Å². The zero-order valence-electron chi connectivity index (χ0n) is 13.1. The Kier molecular flexibility index (Phi) is 5.48. The van der Waals surface area contributed by atoms with Crippen LogP contribution in [0.4, 0.5) is 5.69 Å². The van der Waals surface area contributed by atoms with Gasteiger partial charge in [0.15, 0.2) is 0 Å². The highest BCUT2D eigenvalue weighted by molar-refractivity contribution is 5.99. The molecule has 0 saturated carbocycles. The van der Waals surface area contributed by atoms with E-state index in [-0.39, 0.29) is 12.5 Å². The topological polar surface area (TPSA) is 77.3 Å². The van der Waals surface area contributed by atoms with Crippen LogP contribution in [0.5, 0.6) is 0 Å². The number of hydrogen-bond donors (Lipinski definition) is 2. The Labute approximate surface area is 135 Å². The van der Waals surface area contributed by atoms with Gasteiger partial charge >= 0.3 is 0 Å². The lowest BCUT2D eigenvalue weighted by atomic mass is 10.1. The Bertz CT molecular complexity index is 740. The van der Waals surface area contributed by atoms with Crippen LogP contribution < -0.4 is 10.7 Å². The quantitative estimate of drug-likeness (QED) is 0.658. The third-order valence-corrected chi connectivity index (χ3v) is 3.28. The number of carbonyl (C=O) groups excluding carboxylic acids is 1. The fraction of sp³-hybridized carbons (Fsp3) is 0.167. The molecule has 0 bridgehead atoms. The van der Waals surface area contributed by atoms with E-state index in [2.05, 4.69) is 21.9 Å². The summed E-state index contributed by atoms with van der Waals surface area (Å²) in [5, 5.41) is 15.9. The molecule has 0 unspecified atom stereocenters. The highest BCUT2D eigenvalue weighted by Crippen LogP contribution is 2.08. The predicted molar refractivity (Wildman–Crippen MR) is 91.2 cm³/mol. The molecule has 5 heteroatoms. The van der Waals surface area contributed by atoms with E-state index in [0.29, 0.717) is 11.3 Å². The average Bonchev–Trinajstić information content (AvgIpc) is 2.59. The van der Waals surface area contributed by atoms with Gasteiger partial charge in [0, 0.05) is 5.69 Å². The van der Waals surface area contributed by atoms with Gasteiger partial charge < -0.3 is 5.32 Å². The first-order valence-electron chi connectivity index (χ1n) is 7.22. The second-order valence-electron chi connectivity index (χ2n) is 5.14. The van der Waals surface area contributed by atoms with Crippen LogP contribution in [0.25, 0.3) is 0 Å². The van der Waals surface area contributed by atoms with Gasteiger partial charge in [0.05, 0.1) is 23.9 Å². The maximum atomic E-state index is 11.8. The van der Waals surface area contributed by atoms with Crippen molar-refractivity contribution in [1.29, 1.82) is 5.26 Å². The molecule has 116 valence electrons. The normalized spacial score (nSPS) is 10.7. The van der Waals surface area contributed by atoms with Crippen molar-refractivity contribution in [2.45, 2.75) is 13.8 Å². The molecule has 0 aliphatic carbocycles. The first-order valence-corrected chi connectivity index (χ1v) is 7.22. The second-order valence-corrected chi connectivity index (χ2v) is 5.14. The van der Waals surface area contributed by atoms with Gasteiger partial charge in [-0.25, -0.2) is 5.43 Å². The predicted octanol–water partition coefficient (Wildman–Crippen LogP) is 2.82. The van der Waals surface area contributed by atoms with E-state index in [0.717, 1.165) is 11.3 Å². The number of amides is 1. The van der Waals surface area contributed by atoms with Crippen LogP contribution in [-0.2, 0) is 4.79 Å². The summed E-state index contributed by atoms with van der Waals surface area (Å²) in [6.07, 6.45) is 0. The molecule has 0 aliphatic rings. The molecule has 2 aromatic rings. The molecule has 0 aliphatic heterocycles. The van der Waals surface area contributed by atoms with Gasteiger partial charge in [-0.3, -0.25) is 4.79 Å². The number of nitriles is 1. The van der Waals surface area contributed by atoms with Crippen LogP contribution in [0.3, 0.4) is 0 Å². The van der Waals surface area contributed by atoms with Crippen LogP contribution in [0.15, 0.2) is 53.6 Å². The maximum Gasteiger partial charge on any atom is 0.259 e. The number of rotatable bonds is 5. The van der Waals surface area contributed by atoms with Crippen molar-refractivity contribution < 1.29 is 4.79 Å². The Hall–Kier alpha value is -3.13. The molecule has 2 aromatic carbocycles. The zero-order chi connectivity index (χ0) is 16.7. The van der Waals surface area contributed by atoms with E-state index in [1.807, 2.05) is 31.2 Å². The molecule has 2 N–H and O–H groups in total. The third kappa shape index (κ3) is 4.97. The summed E-state index contributed by atoms with van der Waals surface area (Å²) < 4.78 is 0. The number of anilines is 1. The standard InChI is InChI=1S/C18H18N4O/c1-13-3-9-17(10-4-13)20-12-18(23)22-21-14(2)16-7-5-15(11-19)6-8-16/h3-10,20H,12H2,1-2H3,(H,22,23)/b21-14+. The smallest absolute Gasteiger partial charge is 0.259 e. The lowest BCUT2D eigenvalue weighted by Gasteiger charge is -2.06. The molecule has 0 saturated heterocycles. The molecule has 5 nitrogen and oxygen atoms in total. The van der Waals surface area contributed by atoms with Gasteiger partial charge in [-0.1, -0.05) is 29.8 Å². The van der Waals surface area contributed by atoms with Crippen LogP contribution >= 0.6 is 0 Å². The summed E-state index contributed by atoms with van der Waals surface area (Å²) in [5.74, 6) is -0.224. The van der Waals surface area contributed by atoms with E-state index in [9.17, 15) is 4.79 Å². The van der Waals surface area contributed by atoms with Crippen molar-refractivity contribution in [1.82, 2.24) is 5.43 Å². The number of nitrogens with one attached hydrogen (secondary N) is 2. The van der Waals surface area contributed by atoms with Crippen LogP contribution in [-0.4, -0.2) is 18.2 Å². The van der Waals surface area contributed by atoms with Crippen molar-refractivity contribution in [3.8, 4) is 6.07 Å². The third-order valence-electron chi connectivity index (χ3n) is 3.28. The lowest BCUT2D eigenvalue weighted by molar-refractivity contribution is -0.119. The van der Waals surface area contributed by atoms with Crippen molar-refractivity contribution in [2.75, 3.05) is 11.9 Å². The Morgan fingerprint density at radius 3 is 2.39 bits per heavy atom. The summed E-state index contributed by atoms with van der Waals surface area (Å²) in [6, 6.07) is 16.9. The minimum absolute atomic E-state index is 0.146. The van der Waals surface area contributed by atoms with E-state index in [1.165, 1.54) is 5.56 Å². The van der Waals surface area contributed by atoms with Crippen molar-refractivity contribution >= 4 is 17.3 Å². The van der Waals surface area contributed by atoms with Crippen molar-refractivity contribution in [3.05, 3.63) is 65.2 Å². The highest BCUT2D eigenvalue weighted by atomic mass is 16.2. The highest BCUT2D eigenvalue weighted by Gasteiger charge is 2.02. The summed E-state index contributed by atoms with van der Waals surface area (Å²) in [6.45, 7) is 3.96. The summed E-state index contributed by atoms with van der Waals surface area (Å²) in [4.78, 5) is 11.8. The number of nitrogens with zero attached hydrogens (tertiary/aromatic N) is 2. The molecule has 23 heavy (non-hydrogen) atoms. The number of benzene rings is 2. The number of hydrazone groups is 1. The molecule has 2 rings (SSSR count). The van der Waals surface area contributed by atoms with Crippen LogP contribution in [0.2, 0.25) is 0 Å². The Morgan fingerprint density at radius 1 is 1.13 bits per heavy atom. The maximum absolute atomic E-state index is 11.8.